The Morgan fingerprint density at radius 1 is 1.21 bits per heavy atom. The van der Waals surface area contributed by atoms with Crippen molar-refractivity contribution >= 4 is 39.3 Å². The number of hydrogen-bond acceptors (Lipinski definition) is 4. The van der Waals surface area contributed by atoms with E-state index in [0.717, 1.165) is 18.6 Å². The highest BCUT2D eigenvalue weighted by atomic mass is 79.9. The number of nitrogens with zero attached hydrogens (tertiary/aromatic N) is 2. The van der Waals surface area contributed by atoms with Crippen molar-refractivity contribution < 1.29 is 18.3 Å². The SMILES string of the molecule is O=C(Nc1nn(Cc2c(F)cccc2Cl)cc1Br)c1ccc(COc2ccc3c(c2)CCC3)o1. The quantitative estimate of drug-likeness (QED) is 0.292. The van der Waals surface area contributed by atoms with Crippen LogP contribution in [-0.4, -0.2) is 15.7 Å². The van der Waals surface area contributed by atoms with Gasteiger partial charge in [-0.2, -0.15) is 5.10 Å². The molecule has 0 saturated heterocycles. The van der Waals surface area contributed by atoms with E-state index in [9.17, 15) is 9.18 Å². The molecular formula is C25H20BrClFN3O3. The summed E-state index contributed by atoms with van der Waals surface area (Å²) >= 11 is 9.47. The minimum atomic E-state index is -0.460. The average Bonchev–Trinajstić information content (AvgIpc) is 3.55. The smallest absolute Gasteiger partial charge is 0.292 e. The van der Waals surface area contributed by atoms with Gasteiger partial charge in [-0.05, 0) is 82.7 Å². The van der Waals surface area contributed by atoms with Crippen molar-refractivity contribution in [3.05, 3.63) is 98.3 Å². The number of rotatable bonds is 7. The van der Waals surface area contributed by atoms with Crippen LogP contribution in [0, 0.1) is 5.82 Å². The second-order valence-corrected chi connectivity index (χ2v) is 9.28. The van der Waals surface area contributed by atoms with E-state index in [1.807, 2.05) is 6.07 Å². The number of hydrogen-bond donors (Lipinski definition) is 1. The predicted molar refractivity (Wildman–Crippen MR) is 130 cm³/mol. The van der Waals surface area contributed by atoms with Crippen LogP contribution in [0.15, 0.2) is 63.6 Å². The summed E-state index contributed by atoms with van der Waals surface area (Å²) in [7, 11) is 0. The Morgan fingerprint density at radius 3 is 2.91 bits per heavy atom. The third-order valence-electron chi connectivity index (χ3n) is 5.67. The molecule has 4 aromatic rings. The van der Waals surface area contributed by atoms with Crippen LogP contribution in [0.1, 0.15) is 39.4 Å². The highest BCUT2D eigenvalue weighted by Crippen LogP contribution is 2.27. The number of benzene rings is 2. The Balaban J connectivity index is 1.21. The number of nitrogens with one attached hydrogen (secondary N) is 1. The second kappa shape index (κ2) is 9.64. The Labute approximate surface area is 208 Å². The van der Waals surface area contributed by atoms with Gasteiger partial charge in [0.05, 0.1) is 11.0 Å². The maximum absolute atomic E-state index is 14.1. The van der Waals surface area contributed by atoms with Crippen molar-refractivity contribution in [1.29, 1.82) is 0 Å². The fraction of sp³-hybridized carbons (Fsp3) is 0.200. The van der Waals surface area contributed by atoms with E-state index in [4.69, 9.17) is 20.8 Å². The fourth-order valence-electron chi connectivity index (χ4n) is 3.95. The molecule has 0 atom stereocenters. The number of carbonyl (C=O) groups excluding carboxylic acids is 1. The van der Waals surface area contributed by atoms with E-state index in [1.165, 1.54) is 28.3 Å². The van der Waals surface area contributed by atoms with Gasteiger partial charge in [-0.15, -0.1) is 0 Å². The second-order valence-electron chi connectivity index (χ2n) is 8.02. The van der Waals surface area contributed by atoms with Crippen molar-refractivity contribution in [2.24, 2.45) is 0 Å². The molecule has 0 fully saturated rings. The summed E-state index contributed by atoms with van der Waals surface area (Å²) in [4.78, 5) is 12.7. The van der Waals surface area contributed by atoms with Crippen LogP contribution in [-0.2, 0) is 26.0 Å². The summed E-state index contributed by atoms with van der Waals surface area (Å²) in [6, 6.07) is 13.9. The van der Waals surface area contributed by atoms with E-state index in [-0.39, 0.29) is 24.7 Å². The lowest BCUT2D eigenvalue weighted by Crippen LogP contribution is -2.12. The van der Waals surface area contributed by atoms with E-state index < -0.39 is 11.7 Å². The van der Waals surface area contributed by atoms with Gasteiger partial charge in [0.2, 0.25) is 0 Å². The first-order valence-corrected chi connectivity index (χ1v) is 11.9. The summed E-state index contributed by atoms with van der Waals surface area (Å²) < 4.78 is 27.6. The lowest BCUT2D eigenvalue weighted by molar-refractivity contribution is 0.0992. The molecule has 1 aliphatic carbocycles. The molecule has 0 spiro atoms. The van der Waals surface area contributed by atoms with Crippen molar-refractivity contribution in [3.8, 4) is 5.75 Å². The summed E-state index contributed by atoms with van der Waals surface area (Å²) in [5.74, 6) is 0.849. The molecule has 174 valence electrons. The molecule has 0 aliphatic heterocycles. The maximum Gasteiger partial charge on any atom is 0.292 e. The Bertz CT molecular complexity index is 1350. The highest BCUT2D eigenvalue weighted by Gasteiger charge is 2.17. The molecule has 1 amide bonds. The minimum absolute atomic E-state index is 0.116. The number of amides is 1. The Morgan fingerprint density at radius 2 is 2.06 bits per heavy atom. The number of furan rings is 1. The van der Waals surface area contributed by atoms with Crippen LogP contribution in [0.25, 0.3) is 0 Å². The molecule has 9 heteroatoms. The molecule has 5 rings (SSSR count). The lowest BCUT2D eigenvalue weighted by Gasteiger charge is -2.07. The first-order chi connectivity index (χ1) is 16.5. The standard InChI is InChI=1S/C25H20BrClFN3O3/c26-20-13-31(12-19-21(27)5-2-6-22(19)28)30-24(20)29-25(32)23-10-9-18(34-23)14-33-17-8-7-15-3-1-4-16(15)11-17/h2,5-11,13H,1,3-4,12,14H2,(H,29,30,32). The number of ether oxygens (including phenoxy) is 1. The van der Waals surface area contributed by atoms with Crippen LogP contribution in [0.5, 0.6) is 5.75 Å². The van der Waals surface area contributed by atoms with Gasteiger partial charge in [-0.3, -0.25) is 9.48 Å². The number of aromatic nitrogens is 2. The van der Waals surface area contributed by atoms with Gasteiger partial charge in [0.15, 0.2) is 11.6 Å². The monoisotopic (exact) mass is 543 g/mol. The molecule has 2 aromatic heterocycles. The van der Waals surface area contributed by atoms with Crippen molar-refractivity contribution in [3.63, 3.8) is 0 Å². The van der Waals surface area contributed by atoms with Crippen molar-refractivity contribution in [2.75, 3.05) is 5.32 Å². The summed E-state index contributed by atoms with van der Waals surface area (Å²) in [6.07, 6.45) is 5.02. The molecule has 0 bridgehead atoms. The zero-order valence-electron chi connectivity index (χ0n) is 18.0. The molecule has 1 aliphatic rings. The van der Waals surface area contributed by atoms with Gasteiger partial charge in [-0.25, -0.2) is 4.39 Å². The predicted octanol–water partition coefficient (Wildman–Crippen LogP) is 6.40. The number of fused-ring (bicyclic) bond motifs is 1. The Hall–Kier alpha value is -3.10. The first kappa shape index (κ1) is 22.7. The molecule has 0 saturated carbocycles. The molecule has 34 heavy (non-hydrogen) atoms. The van der Waals surface area contributed by atoms with Crippen LogP contribution in [0.3, 0.4) is 0 Å². The van der Waals surface area contributed by atoms with E-state index in [2.05, 4.69) is 38.5 Å². The molecule has 2 heterocycles. The van der Waals surface area contributed by atoms with Gasteiger partial charge in [-0.1, -0.05) is 23.7 Å². The number of aryl methyl sites for hydroxylation is 2. The zero-order valence-corrected chi connectivity index (χ0v) is 20.3. The third-order valence-corrected chi connectivity index (χ3v) is 6.60. The fourth-order valence-corrected chi connectivity index (χ4v) is 4.58. The van der Waals surface area contributed by atoms with Gasteiger partial charge in [0.25, 0.3) is 5.91 Å². The lowest BCUT2D eigenvalue weighted by atomic mass is 10.1. The maximum atomic E-state index is 14.1. The minimum Gasteiger partial charge on any atom is -0.486 e. The topological polar surface area (TPSA) is 69.3 Å². The largest absolute Gasteiger partial charge is 0.486 e. The highest BCUT2D eigenvalue weighted by molar-refractivity contribution is 9.10. The summed E-state index contributed by atoms with van der Waals surface area (Å²) in [5, 5.41) is 7.32. The van der Waals surface area contributed by atoms with E-state index in [1.54, 1.807) is 30.5 Å². The van der Waals surface area contributed by atoms with Crippen LogP contribution >= 0.6 is 27.5 Å². The van der Waals surface area contributed by atoms with Crippen molar-refractivity contribution in [1.82, 2.24) is 9.78 Å². The normalized spacial score (nSPS) is 12.6. The van der Waals surface area contributed by atoms with Gasteiger partial charge >= 0.3 is 0 Å². The zero-order chi connectivity index (χ0) is 23.7. The molecule has 1 N–H and O–H groups in total. The molecule has 0 unspecified atom stereocenters. The number of anilines is 1. The van der Waals surface area contributed by atoms with Gasteiger partial charge in [0, 0.05) is 16.8 Å². The molecule has 6 nitrogen and oxygen atoms in total. The van der Waals surface area contributed by atoms with E-state index in [0.29, 0.717) is 20.8 Å². The van der Waals surface area contributed by atoms with Crippen LogP contribution in [0.2, 0.25) is 5.02 Å². The van der Waals surface area contributed by atoms with Crippen molar-refractivity contribution in [2.45, 2.75) is 32.4 Å². The average molecular weight is 545 g/mol. The van der Waals surface area contributed by atoms with Crippen LogP contribution in [0.4, 0.5) is 10.2 Å². The first-order valence-electron chi connectivity index (χ1n) is 10.8. The van der Waals surface area contributed by atoms with Crippen LogP contribution < -0.4 is 10.1 Å². The number of carbonyl (C=O) groups is 1. The Kier molecular flexibility index (Phi) is 6.43. The summed E-state index contributed by atoms with van der Waals surface area (Å²) in [6.45, 7) is 0.332. The number of halogens is 3. The molecule has 0 radical (unpaired) electrons. The van der Waals surface area contributed by atoms with Gasteiger partial charge < -0.3 is 14.5 Å². The van der Waals surface area contributed by atoms with E-state index >= 15 is 0 Å². The summed E-state index contributed by atoms with van der Waals surface area (Å²) in [5.41, 5.74) is 3.03. The molecular weight excluding hydrogens is 525 g/mol. The van der Waals surface area contributed by atoms with Gasteiger partial charge in [0.1, 0.15) is 23.9 Å². The molecule has 2 aromatic carbocycles. The third kappa shape index (κ3) is 4.88.